The lowest BCUT2D eigenvalue weighted by Gasteiger charge is -2.51. The molecule has 47 heavy (non-hydrogen) atoms. The molecule has 0 spiro atoms. The summed E-state index contributed by atoms with van der Waals surface area (Å²) in [6.45, 7) is 20.5. The normalized spacial score (nSPS) is 24.3. The van der Waals surface area contributed by atoms with Crippen LogP contribution in [0.3, 0.4) is 0 Å². The Morgan fingerprint density at radius 3 is 2.13 bits per heavy atom. The number of hydrogen-bond acceptors (Lipinski definition) is 9. The maximum atomic E-state index is 14.1. The highest BCUT2D eigenvalue weighted by Gasteiger charge is 2.62. The predicted octanol–water partition coefficient (Wildman–Crippen LogP) is 5.29. The van der Waals surface area contributed by atoms with Crippen LogP contribution in [0.5, 0.6) is 0 Å². The number of aromatic nitrogens is 2. The van der Waals surface area contributed by atoms with Crippen LogP contribution < -0.4 is 11.2 Å². The van der Waals surface area contributed by atoms with Gasteiger partial charge in [0.15, 0.2) is 6.23 Å². The van der Waals surface area contributed by atoms with E-state index in [1.807, 2.05) is 49.3 Å². The third-order valence-corrected chi connectivity index (χ3v) is 19.7. The minimum atomic E-state index is -2.99. The van der Waals surface area contributed by atoms with Crippen molar-refractivity contribution in [1.29, 1.82) is 0 Å². The smallest absolute Gasteiger partial charge is 0.335 e. The summed E-state index contributed by atoms with van der Waals surface area (Å²) in [6, 6.07) is 9.64. The molecule has 2 fully saturated rings. The van der Waals surface area contributed by atoms with Crippen LogP contribution in [0.4, 0.5) is 0 Å². The minimum absolute atomic E-state index is 0.115. The molecule has 0 radical (unpaired) electrons. The van der Waals surface area contributed by atoms with Gasteiger partial charge >= 0.3 is 22.8 Å². The molecule has 4 atom stereocenters. The number of nitrogens with zero attached hydrogens (tertiary/aromatic N) is 3. The first-order valence-corrected chi connectivity index (χ1v) is 21.0. The van der Waals surface area contributed by atoms with Crippen LogP contribution in [-0.2, 0) is 40.5 Å². The monoisotopic (exact) mass is 691 g/mol. The van der Waals surface area contributed by atoms with E-state index >= 15 is 0 Å². The van der Waals surface area contributed by atoms with E-state index in [1.165, 1.54) is 4.57 Å². The van der Waals surface area contributed by atoms with E-state index < -0.39 is 52.9 Å². The molecule has 2 aliphatic heterocycles. The summed E-state index contributed by atoms with van der Waals surface area (Å²) in [4.78, 5) is 29.4. The van der Waals surface area contributed by atoms with Gasteiger partial charge in [-0.25, -0.2) is 9.36 Å². The third-order valence-electron chi connectivity index (χ3n) is 9.44. The van der Waals surface area contributed by atoms with Gasteiger partial charge in [0.05, 0.1) is 19.8 Å². The highest BCUT2D eigenvalue weighted by Crippen LogP contribution is 2.48. The number of ether oxygens (including phenoxy) is 3. The fourth-order valence-electron chi connectivity index (χ4n) is 6.78. The molecule has 0 unspecified atom stereocenters. The summed E-state index contributed by atoms with van der Waals surface area (Å²) in [7, 11) is -1.82. The van der Waals surface area contributed by atoms with E-state index in [-0.39, 0.29) is 42.1 Å². The van der Waals surface area contributed by atoms with Gasteiger partial charge < -0.3 is 32.1 Å². The second-order valence-corrected chi connectivity index (χ2v) is 23.3. The Bertz CT molecular complexity index is 1410. The first-order chi connectivity index (χ1) is 22.1. The zero-order chi connectivity index (χ0) is 34.7. The summed E-state index contributed by atoms with van der Waals surface area (Å²) in [6.07, 6.45) is -1.01. The van der Waals surface area contributed by atoms with Crippen LogP contribution in [-0.4, -0.2) is 83.3 Å². The number of fused-ring (bicyclic) bond motifs is 1. The third kappa shape index (κ3) is 7.94. The van der Waals surface area contributed by atoms with E-state index in [0.717, 1.165) is 10.1 Å². The van der Waals surface area contributed by atoms with Crippen LogP contribution >= 0.6 is 0 Å². The average Bonchev–Trinajstić information content (AvgIpc) is 3.32. The van der Waals surface area contributed by atoms with Crippen LogP contribution in [0.15, 0.2) is 46.1 Å². The Hall–Kier alpha value is -1.95. The molecule has 4 rings (SSSR count). The van der Waals surface area contributed by atoms with Gasteiger partial charge in [-0.05, 0) is 48.7 Å². The zero-order valence-corrected chi connectivity index (χ0v) is 32.2. The molecule has 3 heterocycles. The number of aryl methyl sites for hydroxylation is 1. The second kappa shape index (κ2) is 15.7. The summed E-state index contributed by atoms with van der Waals surface area (Å²) in [5, 5.41) is 0. The predicted molar refractivity (Wildman–Crippen MR) is 187 cm³/mol. The lowest BCUT2D eigenvalue weighted by molar-refractivity contribution is -0.0762. The molecule has 11 nitrogen and oxygen atoms in total. The van der Waals surface area contributed by atoms with Crippen molar-refractivity contribution >= 4 is 17.1 Å². The Morgan fingerprint density at radius 1 is 0.936 bits per heavy atom. The molecule has 2 aromatic rings. The molecular weight excluding hydrogens is 635 g/mol. The van der Waals surface area contributed by atoms with Crippen LogP contribution in [0.1, 0.15) is 72.7 Å². The van der Waals surface area contributed by atoms with Crippen molar-refractivity contribution in [3.8, 4) is 0 Å². The van der Waals surface area contributed by atoms with Gasteiger partial charge in [0.25, 0.3) is 5.56 Å². The first kappa shape index (κ1) is 37.9. The molecule has 0 bridgehead atoms. The quantitative estimate of drug-likeness (QED) is 0.259. The van der Waals surface area contributed by atoms with Crippen LogP contribution in [0.25, 0.3) is 0 Å². The number of rotatable bonds is 13. The molecule has 2 saturated heterocycles. The van der Waals surface area contributed by atoms with E-state index in [1.54, 1.807) is 13.1 Å². The molecule has 2 aliphatic rings. The average molecular weight is 692 g/mol. The van der Waals surface area contributed by atoms with Gasteiger partial charge in [-0.3, -0.25) is 9.36 Å². The molecule has 0 aliphatic carbocycles. The number of likely N-dealkylation sites (N-methyl/N-ethyl adjacent to an activating group) is 1. The summed E-state index contributed by atoms with van der Waals surface area (Å²) in [5.74, 6) is 0. The zero-order valence-electron chi connectivity index (χ0n) is 30.2. The van der Waals surface area contributed by atoms with Gasteiger partial charge in [0, 0.05) is 18.3 Å². The number of hydrogen-bond donors (Lipinski definition) is 0. The van der Waals surface area contributed by atoms with E-state index in [2.05, 4.69) is 55.4 Å². The van der Waals surface area contributed by atoms with Gasteiger partial charge in [0.2, 0.25) is 0 Å². The maximum absolute atomic E-state index is 14.1. The molecule has 1 aromatic heterocycles. The Labute approximate surface area is 282 Å². The minimum Gasteiger partial charge on any atom is -0.414 e. The lowest BCUT2D eigenvalue weighted by Crippen LogP contribution is -2.66. The Kier molecular flexibility index (Phi) is 12.7. The lowest BCUT2D eigenvalue weighted by atomic mass is 10.1. The number of benzene rings is 1. The van der Waals surface area contributed by atoms with Gasteiger partial charge in [-0.1, -0.05) is 85.7 Å². The van der Waals surface area contributed by atoms with Crippen molar-refractivity contribution in [1.82, 2.24) is 14.0 Å². The maximum Gasteiger partial charge on any atom is 0.335 e. The largest absolute Gasteiger partial charge is 0.414 e. The van der Waals surface area contributed by atoms with Crippen molar-refractivity contribution in [3.63, 3.8) is 0 Å². The fourth-order valence-corrected chi connectivity index (χ4v) is 18.0. The van der Waals surface area contributed by atoms with E-state index in [0.29, 0.717) is 18.7 Å². The molecule has 0 saturated carbocycles. The van der Waals surface area contributed by atoms with Crippen molar-refractivity contribution in [2.45, 2.75) is 122 Å². The molecule has 0 N–H and O–H groups in total. The van der Waals surface area contributed by atoms with E-state index in [9.17, 15) is 9.59 Å². The highest BCUT2D eigenvalue weighted by atomic mass is 28.5. The molecule has 0 amide bonds. The Morgan fingerprint density at radius 2 is 1.55 bits per heavy atom. The summed E-state index contributed by atoms with van der Waals surface area (Å²) < 4.78 is 43.5. The highest BCUT2D eigenvalue weighted by molar-refractivity contribution is 6.84. The first-order valence-electron chi connectivity index (χ1n) is 17.0. The van der Waals surface area contributed by atoms with E-state index in [4.69, 9.17) is 27.2 Å². The molecule has 13 heteroatoms. The Balaban J connectivity index is 1.78. The summed E-state index contributed by atoms with van der Waals surface area (Å²) in [5.41, 5.74) is 0.999. The van der Waals surface area contributed by atoms with Crippen molar-refractivity contribution < 1.29 is 27.2 Å². The SMILES string of the molecule is Cc1cn([C@@H]2O[C@@H]3CO[Si](C(C)C)(C(C)C)O[Si](C(C)C)(C(C)C)O[C@H]3[C@H]2OCCN(C)C)c(=O)n(COCc2ccccc2)c1=O. The van der Waals surface area contributed by atoms with Crippen LogP contribution in [0, 0.1) is 6.92 Å². The topological polar surface area (TPSA) is 103 Å². The van der Waals surface area contributed by atoms with Crippen molar-refractivity contribution in [3.05, 3.63) is 68.5 Å². The van der Waals surface area contributed by atoms with Gasteiger partial charge in [-0.2, -0.15) is 0 Å². The van der Waals surface area contributed by atoms with Crippen molar-refractivity contribution in [2.75, 3.05) is 33.9 Å². The molecule has 1 aromatic carbocycles. The standard InChI is InChI=1S/C34H57N3O8Si2/c1-23(2)46(24(3)4)42-21-29-30(44-47(45-46,25(5)6)26(7)8)31(41-18-17-35(10)11)33(43-29)36-19-27(9)32(38)37(34(36)39)22-40-20-28-15-13-12-14-16-28/h12-16,19,23-26,29-31,33H,17-18,20-22H2,1-11H3/t29-,30-,31-,33-/m1/s1. The van der Waals surface area contributed by atoms with Gasteiger partial charge in [0.1, 0.15) is 25.0 Å². The van der Waals surface area contributed by atoms with Gasteiger partial charge in [-0.15, -0.1) is 0 Å². The fraction of sp³-hybridized carbons (Fsp3) is 0.706. The second-order valence-electron chi connectivity index (χ2n) is 14.5. The molecular formula is C34H57N3O8Si2. The summed E-state index contributed by atoms with van der Waals surface area (Å²) >= 11 is 0. The molecule has 264 valence electrons. The van der Waals surface area contributed by atoms with Crippen molar-refractivity contribution in [2.24, 2.45) is 0 Å². The van der Waals surface area contributed by atoms with Crippen LogP contribution in [0.2, 0.25) is 22.2 Å².